The number of aryl methyl sites for hydroxylation is 1. The highest BCUT2D eigenvalue weighted by atomic mass is 35.5. The van der Waals surface area contributed by atoms with Crippen molar-refractivity contribution in [3.05, 3.63) is 63.1 Å². The second-order valence-corrected chi connectivity index (χ2v) is 11.6. The van der Waals surface area contributed by atoms with Gasteiger partial charge in [-0.3, -0.25) is 4.79 Å². The van der Waals surface area contributed by atoms with E-state index in [1.165, 1.54) is 12.1 Å². The Balaban J connectivity index is 1.47. The Kier molecular flexibility index (Phi) is 10.7. The molecule has 2 heterocycles. The van der Waals surface area contributed by atoms with E-state index in [9.17, 15) is 18.0 Å². The number of alkyl halides is 3. The molecular formula is C30H38Cl2F3N3O2. The first-order valence-corrected chi connectivity index (χ1v) is 14.8. The normalized spacial score (nSPS) is 19.6. The highest BCUT2D eigenvalue weighted by Gasteiger charge is 2.34. The predicted octanol–water partition coefficient (Wildman–Crippen LogP) is 7.15. The number of carbonyl (C=O) groups is 1. The molecule has 40 heavy (non-hydrogen) atoms. The maximum Gasteiger partial charge on any atom is 0.416 e. The van der Waals surface area contributed by atoms with Crippen LogP contribution in [-0.4, -0.2) is 56.2 Å². The number of ether oxygens (including phenoxy) is 1. The Morgan fingerprint density at radius 3 is 2.50 bits per heavy atom. The number of hydrogen-bond donors (Lipinski definition) is 1. The van der Waals surface area contributed by atoms with E-state index in [-0.39, 0.29) is 24.0 Å². The van der Waals surface area contributed by atoms with Gasteiger partial charge in [-0.05, 0) is 66.6 Å². The van der Waals surface area contributed by atoms with E-state index in [1.54, 1.807) is 18.2 Å². The lowest BCUT2D eigenvalue weighted by Gasteiger charge is -2.39. The number of carbonyl (C=O) groups excluding carboxylic acids is 1. The van der Waals surface area contributed by atoms with Crippen LogP contribution in [0.2, 0.25) is 10.0 Å². The fourth-order valence-electron chi connectivity index (χ4n) is 5.51. The molecule has 1 N–H and O–H groups in total. The lowest BCUT2D eigenvalue weighted by molar-refractivity contribution is -0.137. The number of anilines is 1. The number of nitrogens with zero attached hydrogens (tertiary/aromatic N) is 2. The van der Waals surface area contributed by atoms with Crippen molar-refractivity contribution in [1.29, 1.82) is 0 Å². The third-order valence-electron chi connectivity index (χ3n) is 8.09. The Morgan fingerprint density at radius 2 is 1.88 bits per heavy atom. The molecule has 0 saturated carbocycles. The van der Waals surface area contributed by atoms with E-state index in [1.807, 2.05) is 11.0 Å². The van der Waals surface area contributed by atoms with Crippen molar-refractivity contribution in [1.82, 2.24) is 10.2 Å². The van der Waals surface area contributed by atoms with E-state index in [0.29, 0.717) is 61.2 Å². The first-order chi connectivity index (χ1) is 19.1. The van der Waals surface area contributed by atoms with Crippen molar-refractivity contribution < 1.29 is 22.7 Å². The minimum Gasteiger partial charge on any atom is -0.377 e. The van der Waals surface area contributed by atoms with E-state index in [2.05, 4.69) is 24.1 Å². The highest BCUT2D eigenvalue weighted by molar-refractivity contribution is 6.35. The van der Waals surface area contributed by atoms with Crippen LogP contribution in [0, 0.1) is 5.92 Å². The minimum absolute atomic E-state index is 0.0361. The molecule has 2 unspecified atom stereocenters. The molecule has 0 radical (unpaired) electrons. The molecule has 4 rings (SSSR count). The van der Waals surface area contributed by atoms with Crippen LogP contribution in [0.5, 0.6) is 0 Å². The van der Waals surface area contributed by atoms with Gasteiger partial charge >= 0.3 is 6.18 Å². The topological polar surface area (TPSA) is 44.8 Å². The van der Waals surface area contributed by atoms with Gasteiger partial charge in [0.15, 0.2) is 0 Å². The van der Waals surface area contributed by atoms with Gasteiger partial charge in [0.2, 0.25) is 5.91 Å². The van der Waals surface area contributed by atoms with Crippen LogP contribution in [0.15, 0.2) is 36.4 Å². The van der Waals surface area contributed by atoms with Gasteiger partial charge < -0.3 is 19.9 Å². The molecule has 2 fully saturated rings. The molecule has 0 aromatic heterocycles. The van der Waals surface area contributed by atoms with Crippen molar-refractivity contribution in [3.8, 4) is 0 Å². The zero-order valence-electron chi connectivity index (χ0n) is 23.1. The minimum atomic E-state index is -4.43. The monoisotopic (exact) mass is 599 g/mol. The molecule has 2 aromatic rings. The van der Waals surface area contributed by atoms with E-state index >= 15 is 0 Å². The molecule has 2 aliphatic heterocycles. The third-order valence-corrected chi connectivity index (χ3v) is 8.68. The van der Waals surface area contributed by atoms with Crippen LogP contribution < -0.4 is 10.2 Å². The smallest absolute Gasteiger partial charge is 0.377 e. The van der Waals surface area contributed by atoms with Crippen molar-refractivity contribution in [3.63, 3.8) is 0 Å². The second kappa shape index (κ2) is 13.8. The average Bonchev–Trinajstić information content (AvgIpc) is 3.45. The Labute approximate surface area is 244 Å². The molecule has 1 amide bonds. The summed E-state index contributed by atoms with van der Waals surface area (Å²) in [7, 11) is 0. The standard InChI is InChI=1S/C30H38Cl2F3N3O2/c1-3-20(2)29(36-19-24-5-4-16-40-24)25-17-22(30(33,34)35)8-10-27(25)37-12-14-38(15-13-37)28(39)11-7-21-6-9-23(31)18-26(21)32/h6,8-10,17-18,20,24,29,36H,3-5,7,11-16,19H2,1-2H3/t20?,24?,29-/m0/s1. The summed E-state index contributed by atoms with van der Waals surface area (Å²) in [4.78, 5) is 16.9. The van der Waals surface area contributed by atoms with Gasteiger partial charge in [-0.15, -0.1) is 0 Å². The summed E-state index contributed by atoms with van der Waals surface area (Å²) >= 11 is 12.2. The molecular weight excluding hydrogens is 562 g/mol. The van der Waals surface area contributed by atoms with Gasteiger partial charge in [-0.1, -0.05) is 49.5 Å². The quantitative estimate of drug-likeness (QED) is 0.315. The van der Waals surface area contributed by atoms with Crippen molar-refractivity contribution in [2.75, 3.05) is 44.2 Å². The predicted molar refractivity (Wildman–Crippen MR) is 154 cm³/mol. The molecule has 220 valence electrons. The largest absolute Gasteiger partial charge is 0.416 e. The molecule has 0 spiro atoms. The van der Waals surface area contributed by atoms with Gasteiger partial charge in [0.05, 0.1) is 11.7 Å². The lowest BCUT2D eigenvalue weighted by Crippen LogP contribution is -2.49. The number of halogens is 5. The third kappa shape index (κ3) is 7.84. The second-order valence-electron chi connectivity index (χ2n) is 10.8. The van der Waals surface area contributed by atoms with Crippen LogP contribution in [0.4, 0.5) is 18.9 Å². The molecule has 10 heteroatoms. The molecule has 5 nitrogen and oxygen atoms in total. The first kappa shape index (κ1) is 30.9. The van der Waals surface area contributed by atoms with Gasteiger partial charge in [0.25, 0.3) is 0 Å². The van der Waals surface area contributed by atoms with Crippen molar-refractivity contribution in [2.24, 2.45) is 5.92 Å². The van der Waals surface area contributed by atoms with Crippen LogP contribution in [-0.2, 0) is 22.1 Å². The summed E-state index contributed by atoms with van der Waals surface area (Å²) in [5, 5.41) is 4.65. The van der Waals surface area contributed by atoms with Crippen LogP contribution in [0.3, 0.4) is 0 Å². The fourth-order valence-corrected chi connectivity index (χ4v) is 6.01. The SMILES string of the molecule is CCC(C)[C@H](NCC1CCCO1)c1cc(C(F)(F)F)ccc1N1CCN(C(=O)CCc2ccc(Cl)cc2Cl)CC1. The Bertz CT molecular complexity index is 1150. The number of hydrogen-bond acceptors (Lipinski definition) is 4. The summed E-state index contributed by atoms with van der Waals surface area (Å²) in [6.07, 6.45) is -0.723. The lowest BCUT2D eigenvalue weighted by atomic mass is 9.89. The summed E-state index contributed by atoms with van der Waals surface area (Å²) in [6, 6.07) is 9.09. The summed E-state index contributed by atoms with van der Waals surface area (Å²) in [5.41, 5.74) is 1.67. The first-order valence-electron chi connectivity index (χ1n) is 14.1. The zero-order chi connectivity index (χ0) is 28.9. The van der Waals surface area contributed by atoms with E-state index in [4.69, 9.17) is 27.9 Å². The van der Waals surface area contributed by atoms with Gasteiger partial charge in [0, 0.05) is 67.5 Å². The fraction of sp³-hybridized carbons (Fsp3) is 0.567. The molecule has 2 aromatic carbocycles. The van der Waals surface area contributed by atoms with Crippen molar-refractivity contribution in [2.45, 2.75) is 64.3 Å². The van der Waals surface area contributed by atoms with Crippen LogP contribution in [0.1, 0.15) is 62.3 Å². The van der Waals surface area contributed by atoms with E-state index in [0.717, 1.165) is 37.1 Å². The maximum atomic E-state index is 13.8. The number of nitrogens with one attached hydrogen (secondary N) is 1. The number of benzene rings is 2. The maximum absolute atomic E-state index is 13.8. The van der Waals surface area contributed by atoms with Crippen molar-refractivity contribution >= 4 is 34.8 Å². The van der Waals surface area contributed by atoms with E-state index < -0.39 is 11.7 Å². The number of rotatable bonds is 10. The molecule has 3 atom stereocenters. The highest BCUT2D eigenvalue weighted by Crippen LogP contribution is 2.38. The number of piperazine rings is 1. The zero-order valence-corrected chi connectivity index (χ0v) is 24.6. The average molecular weight is 601 g/mol. The van der Waals surface area contributed by atoms with Gasteiger partial charge in [-0.2, -0.15) is 13.2 Å². The summed E-state index contributed by atoms with van der Waals surface area (Å²) in [6.45, 7) is 7.56. The Morgan fingerprint density at radius 1 is 1.12 bits per heavy atom. The van der Waals surface area contributed by atoms with Crippen LogP contribution in [0.25, 0.3) is 0 Å². The van der Waals surface area contributed by atoms with Crippen LogP contribution >= 0.6 is 23.2 Å². The van der Waals surface area contributed by atoms with Gasteiger partial charge in [-0.25, -0.2) is 0 Å². The molecule has 0 bridgehead atoms. The summed E-state index contributed by atoms with van der Waals surface area (Å²) < 4.78 is 47.1. The molecule has 2 saturated heterocycles. The summed E-state index contributed by atoms with van der Waals surface area (Å²) in [5.74, 6) is 0.153. The van der Waals surface area contributed by atoms with Gasteiger partial charge in [0.1, 0.15) is 0 Å². The number of amides is 1. The molecule has 2 aliphatic rings. The Hall–Kier alpha value is -2.00. The molecule has 0 aliphatic carbocycles.